The number of nitrogens with zero attached hydrogens (tertiary/aromatic N) is 4. The van der Waals surface area contributed by atoms with Crippen LogP contribution in [0.1, 0.15) is 43.2 Å². The standard InChI is InChI=1S/C23H22N6O2.2H2/c1-15(2)27-23(31)21-9-5-8-20(28-21)22(30)25-11-16-12-26-29(14-16)18-10-17-6-3-4-7-19(17)24-13-18;;/h3-10,12-15H,11H2,1-2H3,(H,25,30)(H,27,31);2*1H. The molecule has 8 nitrogen and oxygen atoms in total. The van der Waals surface area contributed by atoms with E-state index < -0.39 is 0 Å². The van der Waals surface area contributed by atoms with Gasteiger partial charge < -0.3 is 10.6 Å². The molecule has 160 valence electrons. The van der Waals surface area contributed by atoms with Gasteiger partial charge in [-0.1, -0.05) is 24.3 Å². The molecule has 4 aromatic rings. The second-order valence-electron chi connectivity index (χ2n) is 7.40. The largest absolute Gasteiger partial charge is 0.349 e. The zero-order valence-corrected chi connectivity index (χ0v) is 17.2. The predicted octanol–water partition coefficient (Wildman–Crippen LogP) is 3.38. The van der Waals surface area contributed by atoms with E-state index in [-0.39, 0.29) is 38.6 Å². The number of hydrogen-bond donors (Lipinski definition) is 2. The van der Waals surface area contributed by atoms with Gasteiger partial charge in [-0.05, 0) is 38.1 Å². The first-order valence-electron chi connectivity index (χ1n) is 9.94. The summed E-state index contributed by atoms with van der Waals surface area (Å²) in [6.45, 7) is 4.01. The molecule has 2 amide bonds. The maximum atomic E-state index is 12.5. The molecule has 31 heavy (non-hydrogen) atoms. The van der Waals surface area contributed by atoms with Crippen molar-refractivity contribution < 1.29 is 12.4 Å². The van der Waals surface area contributed by atoms with Crippen molar-refractivity contribution >= 4 is 22.7 Å². The van der Waals surface area contributed by atoms with E-state index in [0.717, 1.165) is 22.2 Å². The molecule has 0 aliphatic rings. The average molecular weight is 419 g/mol. The molecule has 0 aliphatic carbocycles. The van der Waals surface area contributed by atoms with Gasteiger partial charge in [0.2, 0.25) is 0 Å². The summed E-state index contributed by atoms with van der Waals surface area (Å²) in [7, 11) is 0. The number of pyridine rings is 2. The summed E-state index contributed by atoms with van der Waals surface area (Å²) in [5.74, 6) is -0.672. The van der Waals surface area contributed by atoms with Crippen molar-refractivity contribution in [1.29, 1.82) is 0 Å². The molecule has 0 radical (unpaired) electrons. The van der Waals surface area contributed by atoms with Crippen molar-refractivity contribution in [2.24, 2.45) is 0 Å². The van der Waals surface area contributed by atoms with Crippen molar-refractivity contribution in [2.75, 3.05) is 0 Å². The number of aromatic nitrogens is 4. The van der Waals surface area contributed by atoms with Gasteiger partial charge in [-0.2, -0.15) is 5.10 Å². The van der Waals surface area contributed by atoms with Gasteiger partial charge >= 0.3 is 0 Å². The third-order valence-corrected chi connectivity index (χ3v) is 4.56. The Hall–Kier alpha value is -4.07. The summed E-state index contributed by atoms with van der Waals surface area (Å²) < 4.78 is 1.72. The molecular formula is C23H26N6O2. The molecule has 0 saturated carbocycles. The summed E-state index contributed by atoms with van der Waals surface area (Å²) in [6.07, 6.45) is 5.29. The van der Waals surface area contributed by atoms with Crippen LogP contribution in [0.3, 0.4) is 0 Å². The molecule has 0 fully saturated rings. The Morgan fingerprint density at radius 3 is 2.61 bits per heavy atom. The fraction of sp³-hybridized carbons (Fsp3) is 0.174. The molecule has 0 atom stereocenters. The number of fused-ring (bicyclic) bond motifs is 1. The van der Waals surface area contributed by atoms with Crippen LogP contribution in [0.4, 0.5) is 0 Å². The average Bonchev–Trinajstić information content (AvgIpc) is 3.26. The lowest BCUT2D eigenvalue weighted by Gasteiger charge is -2.08. The maximum absolute atomic E-state index is 12.5. The van der Waals surface area contributed by atoms with E-state index in [1.54, 1.807) is 35.3 Å². The highest BCUT2D eigenvalue weighted by Gasteiger charge is 2.13. The first-order valence-corrected chi connectivity index (χ1v) is 9.94. The molecular weight excluding hydrogens is 392 g/mol. The van der Waals surface area contributed by atoms with Crippen LogP contribution < -0.4 is 10.6 Å². The molecule has 0 saturated heterocycles. The van der Waals surface area contributed by atoms with E-state index in [1.807, 2.05) is 50.4 Å². The van der Waals surface area contributed by atoms with Crippen molar-refractivity contribution in [1.82, 2.24) is 30.4 Å². The third-order valence-electron chi connectivity index (χ3n) is 4.56. The summed E-state index contributed by atoms with van der Waals surface area (Å²) >= 11 is 0. The van der Waals surface area contributed by atoms with Crippen LogP contribution in [0.2, 0.25) is 0 Å². The Balaban J connectivity index is 0.00000193. The van der Waals surface area contributed by atoms with Crippen LogP contribution in [-0.4, -0.2) is 37.6 Å². The van der Waals surface area contributed by atoms with Crippen molar-refractivity contribution in [3.8, 4) is 5.69 Å². The van der Waals surface area contributed by atoms with Crippen molar-refractivity contribution in [3.63, 3.8) is 0 Å². The van der Waals surface area contributed by atoms with E-state index >= 15 is 0 Å². The molecule has 3 heterocycles. The molecule has 8 heteroatoms. The highest BCUT2D eigenvalue weighted by atomic mass is 16.2. The fourth-order valence-electron chi connectivity index (χ4n) is 3.07. The number of nitrogens with one attached hydrogen (secondary N) is 2. The minimum Gasteiger partial charge on any atom is -0.349 e. The maximum Gasteiger partial charge on any atom is 0.270 e. The lowest BCUT2D eigenvalue weighted by molar-refractivity contribution is 0.0936. The zero-order chi connectivity index (χ0) is 21.8. The highest BCUT2D eigenvalue weighted by Crippen LogP contribution is 2.15. The van der Waals surface area contributed by atoms with Crippen LogP contribution in [0.25, 0.3) is 16.6 Å². The summed E-state index contributed by atoms with van der Waals surface area (Å²) in [5, 5.41) is 11.0. The molecule has 0 bridgehead atoms. The van der Waals surface area contributed by atoms with Gasteiger partial charge in [-0.25, -0.2) is 9.67 Å². The van der Waals surface area contributed by atoms with Crippen LogP contribution in [0.5, 0.6) is 0 Å². The highest BCUT2D eigenvalue weighted by molar-refractivity contribution is 5.96. The molecule has 2 N–H and O–H groups in total. The van der Waals surface area contributed by atoms with Crippen LogP contribution in [0.15, 0.2) is 67.1 Å². The predicted molar refractivity (Wildman–Crippen MR) is 121 cm³/mol. The molecule has 4 rings (SSSR count). The van der Waals surface area contributed by atoms with Gasteiger partial charge in [0.05, 0.1) is 23.6 Å². The third kappa shape index (κ3) is 4.75. The number of amides is 2. The first kappa shape index (κ1) is 20.2. The molecule has 1 aromatic carbocycles. The smallest absolute Gasteiger partial charge is 0.270 e. The van der Waals surface area contributed by atoms with E-state index in [0.29, 0.717) is 0 Å². The minimum absolute atomic E-state index is 0. The quantitative estimate of drug-likeness (QED) is 0.500. The van der Waals surface area contributed by atoms with Crippen molar-refractivity contribution in [2.45, 2.75) is 26.4 Å². The number of carbonyl (C=O) groups excluding carboxylic acids is 2. The van der Waals surface area contributed by atoms with E-state index in [1.165, 1.54) is 0 Å². The van der Waals surface area contributed by atoms with Gasteiger partial charge in [0.25, 0.3) is 11.8 Å². The van der Waals surface area contributed by atoms with E-state index in [9.17, 15) is 9.59 Å². The Morgan fingerprint density at radius 2 is 1.81 bits per heavy atom. The van der Waals surface area contributed by atoms with Crippen LogP contribution >= 0.6 is 0 Å². The van der Waals surface area contributed by atoms with Gasteiger partial charge in [-0.15, -0.1) is 0 Å². The Kier molecular flexibility index (Phi) is 5.70. The monoisotopic (exact) mass is 418 g/mol. The number of para-hydroxylation sites is 1. The zero-order valence-electron chi connectivity index (χ0n) is 17.2. The van der Waals surface area contributed by atoms with E-state index in [4.69, 9.17) is 0 Å². The lowest BCUT2D eigenvalue weighted by Crippen LogP contribution is -2.31. The second-order valence-corrected chi connectivity index (χ2v) is 7.40. The second kappa shape index (κ2) is 8.74. The molecule has 0 spiro atoms. The summed E-state index contributed by atoms with van der Waals surface area (Å²) in [4.78, 5) is 33.2. The molecule has 0 unspecified atom stereocenters. The van der Waals surface area contributed by atoms with Gasteiger partial charge in [-0.3, -0.25) is 14.6 Å². The normalized spacial score (nSPS) is 10.9. The summed E-state index contributed by atoms with van der Waals surface area (Å²) in [5.41, 5.74) is 2.97. The van der Waals surface area contributed by atoms with Gasteiger partial charge in [0, 0.05) is 32.6 Å². The number of hydrogen-bond acceptors (Lipinski definition) is 5. The van der Waals surface area contributed by atoms with Gasteiger partial charge in [0.15, 0.2) is 0 Å². The van der Waals surface area contributed by atoms with Crippen molar-refractivity contribution in [3.05, 3.63) is 84.1 Å². The summed E-state index contributed by atoms with van der Waals surface area (Å²) in [6, 6.07) is 14.7. The fourth-order valence-corrected chi connectivity index (χ4v) is 3.07. The number of benzene rings is 1. The number of rotatable bonds is 6. The first-order chi connectivity index (χ1) is 15.0. The lowest BCUT2D eigenvalue weighted by atomic mass is 10.2. The molecule has 3 aromatic heterocycles. The Labute approximate surface area is 182 Å². The Morgan fingerprint density at radius 1 is 1.03 bits per heavy atom. The number of carbonyl (C=O) groups is 2. The van der Waals surface area contributed by atoms with E-state index in [2.05, 4.69) is 25.7 Å². The SMILES string of the molecule is CC(C)NC(=O)c1cccc(C(=O)NCc2cnn(-c3cnc4ccccc4c3)c2)n1.[HH].[HH]. The van der Waals surface area contributed by atoms with Gasteiger partial charge in [0.1, 0.15) is 11.4 Å². The van der Waals surface area contributed by atoms with Crippen LogP contribution in [-0.2, 0) is 6.54 Å². The van der Waals surface area contributed by atoms with Crippen LogP contribution in [0, 0.1) is 0 Å². The molecule has 0 aliphatic heterocycles. The topological polar surface area (TPSA) is 102 Å². The minimum atomic E-state index is -0.362. The Bertz CT molecular complexity index is 1260.